The van der Waals surface area contributed by atoms with Crippen LogP contribution in [-0.4, -0.2) is 11.0 Å². The third-order valence-electron chi connectivity index (χ3n) is 2.76. The molecule has 0 saturated heterocycles. The molecule has 2 rings (SSSR count). The van der Waals surface area contributed by atoms with E-state index >= 15 is 0 Å². The molecule has 22 heavy (non-hydrogen) atoms. The molecule has 0 atom stereocenters. The topological polar surface area (TPSA) is 49.3 Å². The van der Waals surface area contributed by atoms with Gasteiger partial charge in [-0.15, -0.1) is 0 Å². The predicted octanol–water partition coefficient (Wildman–Crippen LogP) is 5.08. The van der Waals surface area contributed by atoms with Gasteiger partial charge >= 0.3 is 6.18 Å². The zero-order valence-electron chi connectivity index (χ0n) is 10.7. The number of halogens is 5. The Balaban J connectivity index is 2.31. The molecule has 2 aromatic rings. The smallest absolute Gasteiger partial charge is 0.417 e. The van der Waals surface area contributed by atoms with Crippen LogP contribution in [0.3, 0.4) is 0 Å². The highest BCUT2D eigenvalue weighted by atomic mass is 79.9. The molecular formula is C14H8BrClF3NO2. The minimum atomic E-state index is -4.63. The van der Waals surface area contributed by atoms with Gasteiger partial charge in [0.15, 0.2) is 0 Å². The number of benzene rings is 2. The van der Waals surface area contributed by atoms with Gasteiger partial charge in [0.05, 0.1) is 20.6 Å². The van der Waals surface area contributed by atoms with Gasteiger partial charge in [-0.05, 0) is 46.3 Å². The number of aromatic hydroxyl groups is 1. The van der Waals surface area contributed by atoms with Crippen molar-refractivity contribution < 1.29 is 23.1 Å². The summed E-state index contributed by atoms with van der Waals surface area (Å²) in [5.41, 5.74) is -1.20. The Morgan fingerprint density at radius 2 is 1.91 bits per heavy atom. The first-order chi connectivity index (χ1) is 10.2. The number of nitrogens with one attached hydrogen (secondary N) is 1. The van der Waals surface area contributed by atoms with Gasteiger partial charge in [0.25, 0.3) is 5.91 Å². The lowest BCUT2D eigenvalue weighted by Crippen LogP contribution is -2.13. The zero-order chi connectivity index (χ0) is 16.5. The lowest BCUT2D eigenvalue weighted by atomic mass is 10.1. The number of para-hydroxylation sites is 1. The third-order valence-corrected chi connectivity index (χ3v) is 3.73. The summed E-state index contributed by atoms with van der Waals surface area (Å²) >= 11 is 8.55. The first kappa shape index (κ1) is 16.6. The minimum absolute atomic E-state index is 0.0714. The number of rotatable bonds is 2. The SMILES string of the molecule is O=C(Nc1ccc(Cl)c(C(F)(F)F)c1)c1cccc(Br)c1O. The second-order valence-corrected chi connectivity index (χ2v) is 5.54. The highest BCUT2D eigenvalue weighted by molar-refractivity contribution is 9.10. The molecule has 0 saturated carbocycles. The number of hydrogen-bond donors (Lipinski definition) is 2. The van der Waals surface area contributed by atoms with E-state index < -0.39 is 22.7 Å². The van der Waals surface area contributed by atoms with Crippen molar-refractivity contribution in [2.45, 2.75) is 6.18 Å². The van der Waals surface area contributed by atoms with Crippen molar-refractivity contribution in [3.63, 3.8) is 0 Å². The maximum atomic E-state index is 12.8. The van der Waals surface area contributed by atoms with Gasteiger partial charge in [-0.25, -0.2) is 0 Å². The first-order valence-corrected chi connectivity index (χ1v) is 7.03. The van der Waals surface area contributed by atoms with Crippen LogP contribution in [0, 0.1) is 0 Å². The first-order valence-electron chi connectivity index (χ1n) is 5.85. The summed E-state index contributed by atoms with van der Waals surface area (Å²) in [6.07, 6.45) is -4.63. The summed E-state index contributed by atoms with van der Waals surface area (Å²) < 4.78 is 38.6. The summed E-state index contributed by atoms with van der Waals surface area (Å²) in [7, 11) is 0. The van der Waals surface area contributed by atoms with Crippen LogP contribution in [0.15, 0.2) is 40.9 Å². The van der Waals surface area contributed by atoms with Crippen LogP contribution in [0.5, 0.6) is 5.75 Å². The van der Waals surface area contributed by atoms with Crippen LogP contribution >= 0.6 is 27.5 Å². The third kappa shape index (κ3) is 3.53. The summed E-state index contributed by atoms with van der Waals surface area (Å²) in [4.78, 5) is 12.0. The van der Waals surface area contributed by atoms with Crippen LogP contribution in [0.4, 0.5) is 18.9 Å². The molecule has 8 heteroatoms. The molecule has 0 spiro atoms. The number of phenolic OH excluding ortho intramolecular Hbond substituents is 1. The van der Waals surface area contributed by atoms with Gasteiger partial charge in [-0.1, -0.05) is 17.7 Å². The molecule has 0 fully saturated rings. The van der Waals surface area contributed by atoms with Crippen molar-refractivity contribution >= 4 is 39.1 Å². The quantitative estimate of drug-likeness (QED) is 0.746. The van der Waals surface area contributed by atoms with Gasteiger partial charge in [0.1, 0.15) is 5.75 Å². The Hall–Kier alpha value is -1.73. The van der Waals surface area contributed by atoms with Gasteiger partial charge in [-0.3, -0.25) is 4.79 Å². The predicted molar refractivity (Wildman–Crippen MR) is 80.2 cm³/mol. The summed E-state index contributed by atoms with van der Waals surface area (Å²) in [6, 6.07) is 7.40. The van der Waals surface area contributed by atoms with E-state index in [1.54, 1.807) is 0 Å². The van der Waals surface area contributed by atoms with Crippen LogP contribution < -0.4 is 5.32 Å². The van der Waals surface area contributed by atoms with Crippen molar-refractivity contribution in [3.05, 3.63) is 57.0 Å². The molecule has 0 aliphatic carbocycles. The Morgan fingerprint density at radius 3 is 2.55 bits per heavy atom. The Morgan fingerprint density at radius 1 is 1.23 bits per heavy atom. The van der Waals surface area contributed by atoms with Crippen molar-refractivity contribution in [2.24, 2.45) is 0 Å². The van der Waals surface area contributed by atoms with E-state index in [1.807, 2.05) is 0 Å². The van der Waals surface area contributed by atoms with Crippen molar-refractivity contribution in [3.8, 4) is 5.75 Å². The van der Waals surface area contributed by atoms with Crippen molar-refractivity contribution in [1.29, 1.82) is 0 Å². The van der Waals surface area contributed by atoms with E-state index in [1.165, 1.54) is 24.3 Å². The molecule has 2 aromatic carbocycles. The van der Waals surface area contributed by atoms with E-state index in [-0.39, 0.29) is 17.0 Å². The van der Waals surface area contributed by atoms with Crippen LogP contribution in [0.2, 0.25) is 5.02 Å². The number of phenols is 1. The average molecular weight is 395 g/mol. The monoisotopic (exact) mass is 393 g/mol. The summed E-state index contributed by atoms with van der Waals surface area (Å²) in [5, 5.41) is 11.6. The fraction of sp³-hybridized carbons (Fsp3) is 0.0714. The van der Waals surface area contributed by atoms with Gasteiger partial charge in [0.2, 0.25) is 0 Å². The van der Waals surface area contributed by atoms with E-state index in [9.17, 15) is 23.1 Å². The Kier molecular flexibility index (Phi) is 4.67. The van der Waals surface area contributed by atoms with Gasteiger partial charge < -0.3 is 10.4 Å². The molecule has 0 aromatic heterocycles. The molecule has 2 N–H and O–H groups in total. The van der Waals surface area contributed by atoms with Crippen molar-refractivity contribution in [2.75, 3.05) is 5.32 Å². The second kappa shape index (κ2) is 6.18. The van der Waals surface area contributed by atoms with Crippen molar-refractivity contribution in [1.82, 2.24) is 0 Å². The summed E-state index contributed by atoms with van der Waals surface area (Å²) in [5.74, 6) is -1.04. The number of carbonyl (C=O) groups excluding carboxylic acids is 1. The highest BCUT2D eigenvalue weighted by Gasteiger charge is 2.33. The number of hydrogen-bond acceptors (Lipinski definition) is 2. The number of amides is 1. The molecule has 116 valence electrons. The van der Waals surface area contributed by atoms with Gasteiger partial charge in [0, 0.05) is 5.69 Å². The maximum Gasteiger partial charge on any atom is 0.417 e. The average Bonchev–Trinajstić information content (AvgIpc) is 2.42. The fourth-order valence-electron chi connectivity index (χ4n) is 1.72. The van der Waals surface area contributed by atoms with Crippen LogP contribution in [0.1, 0.15) is 15.9 Å². The number of anilines is 1. The number of alkyl halides is 3. The molecule has 0 unspecified atom stereocenters. The van der Waals surface area contributed by atoms with E-state index in [0.29, 0.717) is 4.47 Å². The highest BCUT2D eigenvalue weighted by Crippen LogP contribution is 2.36. The molecule has 3 nitrogen and oxygen atoms in total. The molecule has 1 amide bonds. The lowest BCUT2D eigenvalue weighted by molar-refractivity contribution is -0.137. The molecule has 0 aliphatic rings. The minimum Gasteiger partial charge on any atom is -0.506 e. The van der Waals surface area contributed by atoms with Crippen LogP contribution in [-0.2, 0) is 6.18 Å². The molecule has 0 aliphatic heterocycles. The molecular weight excluding hydrogens is 387 g/mol. The summed E-state index contributed by atoms with van der Waals surface area (Å²) in [6.45, 7) is 0. The van der Waals surface area contributed by atoms with E-state index in [2.05, 4.69) is 21.2 Å². The second-order valence-electron chi connectivity index (χ2n) is 4.28. The molecule has 0 radical (unpaired) electrons. The van der Waals surface area contributed by atoms with Crippen LogP contribution in [0.25, 0.3) is 0 Å². The van der Waals surface area contributed by atoms with E-state index in [4.69, 9.17) is 11.6 Å². The Bertz CT molecular complexity index is 735. The Labute approximate surface area is 136 Å². The fourth-order valence-corrected chi connectivity index (χ4v) is 2.31. The number of carbonyl (C=O) groups is 1. The molecule has 0 bridgehead atoms. The molecule has 0 heterocycles. The zero-order valence-corrected chi connectivity index (χ0v) is 13.1. The standard InChI is InChI=1S/C14H8BrClF3NO2/c15-10-3-1-2-8(12(10)21)13(22)20-7-4-5-11(16)9(6-7)14(17,18)19/h1-6,21H,(H,20,22). The van der Waals surface area contributed by atoms with E-state index in [0.717, 1.165) is 12.1 Å². The van der Waals surface area contributed by atoms with Gasteiger partial charge in [-0.2, -0.15) is 13.2 Å². The normalized spacial score (nSPS) is 11.3. The largest absolute Gasteiger partial charge is 0.506 e. The maximum absolute atomic E-state index is 12.8. The lowest BCUT2D eigenvalue weighted by Gasteiger charge is -2.12.